The molecule has 3 heterocycles. The summed E-state index contributed by atoms with van der Waals surface area (Å²) in [6, 6.07) is 0. The Hall–Kier alpha value is -2.62. The first-order valence-electron chi connectivity index (χ1n) is 8.48. The van der Waals surface area contributed by atoms with Crippen molar-refractivity contribution >= 4 is 17.7 Å². The predicted octanol–water partition coefficient (Wildman–Crippen LogP) is 1.11. The molecule has 132 valence electrons. The number of carbonyl (C=O) groups excluding carboxylic acids is 2. The zero-order valence-corrected chi connectivity index (χ0v) is 14.4. The van der Waals surface area contributed by atoms with Gasteiger partial charge in [0, 0.05) is 32.6 Å². The van der Waals surface area contributed by atoms with E-state index in [-0.39, 0.29) is 24.8 Å². The molecule has 0 aliphatic carbocycles. The summed E-state index contributed by atoms with van der Waals surface area (Å²) in [5, 5.41) is 0. The maximum atomic E-state index is 12.8. The Morgan fingerprint density at radius 1 is 1.32 bits per heavy atom. The van der Waals surface area contributed by atoms with Crippen LogP contribution in [0.4, 0.5) is 5.82 Å². The maximum absolute atomic E-state index is 12.8. The van der Waals surface area contributed by atoms with Gasteiger partial charge in [0.2, 0.25) is 0 Å². The van der Waals surface area contributed by atoms with Gasteiger partial charge in [-0.15, -0.1) is 12.3 Å². The first-order valence-corrected chi connectivity index (χ1v) is 8.48. The minimum atomic E-state index is -0.820. The average molecular weight is 342 g/mol. The molecule has 0 spiro atoms. The number of nitrogens with zero attached hydrogens (tertiary/aromatic N) is 4. The highest BCUT2D eigenvalue weighted by atomic mass is 16.5. The van der Waals surface area contributed by atoms with Gasteiger partial charge in [-0.1, -0.05) is 0 Å². The molecule has 2 aliphatic rings. The molecule has 2 fully saturated rings. The second-order valence-electron chi connectivity index (χ2n) is 6.59. The fourth-order valence-corrected chi connectivity index (χ4v) is 3.56. The fourth-order valence-electron chi connectivity index (χ4n) is 3.56. The topological polar surface area (TPSA) is 75.6 Å². The molecule has 3 rings (SSSR count). The van der Waals surface area contributed by atoms with Crippen molar-refractivity contribution < 1.29 is 14.3 Å². The summed E-state index contributed by atoms with van der Waals surface area (Å²) >= 11 is 0. The minimum Gasteiger partial charge on any atom is -0.469 e. The molecule has 0 N–H and O–H groups in total. The third-order valence-electron chi connectivity index (χ3n) is 4.97. The van der Waals surface area contributed by atoms with Crippen LogP contribution in [-0.4, -0.2) is 60.0 Å². The summed E-state index contributed by atoms with van der Waals surface area (Å²) in [4.78, 5) is 37.4. The van der Waals surface area contributed by atoms with E-state index in [0.717, 1.165) is 31.7 Å². The first-order chi connectivity index (χ1) is 12.1. The minimum absolute atomic E-state index is 0.226. The number of anilines is 1. The van der Waals surface area contributed by atoms with Crippen molar-refractivity contribution in [1.82, 2.24) is 14.9 Å². The van der Waals surface area contributed by atoms with Crippen molar-refractivity contribution in [3.05, 3.63) is 18.1 Å². The van der Waals surface area contributed by atoms with E-state index in [0.29, 0.717) is 18.7 Å². The van der Waals surface area contributed by atoms with Crippen molar-refractivity contribution in [2.75, 3.05) is 38.2 Å². The Morgan fingerprint density at radius 2 is 2.08 bits per heavy atom. The molecule has 2 saturated heterocycles. The van der Waals surface area contributed by atoms with Gasteiger partial charge in [0.25, 0.3) is 5.91 Å². The number of rotatable bonds is 4. The molecule has 2 aliphatic heterocycles. The third-order valence-corrected chi connectivity index (χ3v) is 4.97. The molecule has 1 aromatic heterocycles. The summed E-state index contributed by atoms with van der Waals surface area (Å²) in [6.45, 7) is 2.57. The zero-order valence-electron chi connectivity index (χ0n) is 14.4. The number of methoxy groups -OCH3 is 1. The maximum Gasteiger partial charge on any atom is 0.314 e. The Labute approximate surface area is 147 Å². The smallest absolute Gasteiger partial charge is 0.314 e. The Balaban J connectivity index is 1.77. The standard InChI is InChI=1S/C18H22N4O3/c1-3-6-18(17(24)25-2)7-10-22(13-18)16(23)14-11-19-12-15(20-14)21-8-4-5-9-21/h1,11-12H,4-10,13H2,2H3. The van der Waals surface area contributed by atoms with Crippen LogP contribution in [0.5, 0.6) is 0 Å². The average Bonchev–Trinajstić information content (AvgIpc) is 3.31. The van der Waals surface area contributed by atoms with Gasteiger partial charge in [-0.05, 0) is 19.3 Å². The van der Waals surface area contributed by atoms with Crippen LogP contribution in [0.2, 0.25) is 0 Å². The van der Waals surface area contributed by atoms with Crippen LogP contribution in [0.15, 0.2) is 12.4 Å². The van der Waals surface area contributed by atoms with Crippen molar-refractivity contribution in [3.63, 3.8) is 0 Å². The second kappa shape index (κ2) is 7.09. The lowest BCUT2D eigenvalue weighted by molar-refractivity contribution is -0.151. The van der Waals surface area contributed by atoms with E-state index in [1.54, 1.807) is 11.1 Å². The summed E-state index contributed by atoms with van der Waals surface area (Å²) in [5.74, 6) is 2.68. The van der Waals surface area contributed by atoms with Gasteiger partial charge in [0.15, 0.2) is 0 Å². The largest absolute Gasteiger partial charge is 0.469 e. The van der Waals surface area contributed by atoms with Crippen LogP contribution >= 0.6 is 0 Å². The van der Waals surface area contributed by atoms with Crippen LogP contribution < -0.4 is 4.90 Å². The van der Waals surface area contributed by atoms with Gasteiger partial charge < -0.3 is 14.5 Å². The molecule has 7 heteroatoms. The lowest BCUT2D eigenvalue weighted by Gasteiger charge is -2.24. The molecular formula is C18H22N4O3. The molecule has 1 amide bonds. The monoisotopic (exact) mass is 342 g/mol. The number of terminal acetylenes is 1. The number of likely N-dealkylation sites (tertiary alicyclic amines) is 1. The first kappa shape index (κ1) is 17.2. The highest BCUT2D eigenvalue weighted by Crippen LogP contribution is 2.35. The van der Waals surface area contributed by atoms with Gasteiger partial charge >= 0.3 is 5.97 Å². The summed E-state index contributed by atoms with van der Waals surface area (Å²) < 4.78 is 4.90. The molecule has 1 atom stereocenters. The summed E-state index contributed by atoms with van der Waals surface area (Å²) in [7, 11) is 1.34. The van der Waals surface area contributed by atoms with Crippen molar-refractivity contribution in [2.45, 2.75) is 25.7 Å². The summed E-state index contributed by atoms with van der Waals surface area (Å²) in [6.07, 6.45) is 11.6. The number of carbonyl (C=O) groups is 2. The lowest BCUT2D eigenvalue weighted by atomic mass is 9.84. The van der Waals surface area contributed by atoms with Crippen molar-refractivity contribution in [1.29, 1.82) is 0 Å². The predicted molar refractivity (Wildman–Crippen MR) is 91.9 cm³/mol. The SMILES string of the molecule is C#CCC1(C(=O)OC)CCN(C(=O)c2cncc(N3CCCC3)n2)C1. The van der Waals surface area contributed by atoms with Gasteiger partial charge in [-0.25, -0.2) is 4.98 Å². The van der Waals surface area contributed by atoms with Crippen molar-refractivity contribution in [3.8, 4) is 12.3 Å². The highest BCUT2D eigenvalue weighted by molar-refractivity contribution is 5.93. The Kier molecular flexibility index (Phi) is 4.88. The molecule has 1 aromatic rings. The molecular weight excluding hydrogens is 320 g/mol. The molecule has 1 unspecified atom stereocenters. The summed E-state index contributed by atoms with van der Waals surface area (Å²) in [5.41, 5.74) is -0.523. The van der Waals surface area contributed by atoms with Crippen molar-refractivity contribution in [2.24, 2.45) is 5.41 Å². The van der Waals surface area contributed by atoms with Crippen LogP contribution in [0, 0.1) is 17.8 Å². The van der Waals surface area contributed by atoms with Gasteiger partial charge in [-0.2, -0.15) is 0 Å². The fraction of sp³-hybridized carbons (Fsp3) is 0.556. The van der Waals surface area contributed by atoms with Gasteiger partial charge in [-0.3, -0.25) is 14.6 Å². The third kappa shape index (κ3) is 3.29. The number of esters is 1. The number of hydrogen-bond donors (Lipinski definition) is 0. The number of ether oxygens (including phenoxy) is 1. The molecule has 0 saturated carbocycles. The zero-order chi connectivity index (χ0) is 17.9. The second-order valence-corrected chi connectivity index (χ2v) is 6.59. The molecule has 0 bridgehead atoms. The normalized spacial score (nSPS) is 22.7. The molecule has 0 aromatic carbocycles. The number of aromatic nitrogens is 2. The van der Waals surface area contributed by atoms with E-state index in [4.69, 9.17) is 11.2 Å². The van der Waals surface area contributed by atoms with E-state index in [2.05, 4.69) is 20.8 Å². The van der Waals surface area contributed by atoms with Crippen LogP contribution in [-0.2, 0) is 9.53 Å². The molecule has 7 nitrogen and oxygen atoms in total. The number of hydrogen-bond acceptors (Lipinski definition) is 6. The van der Waals surface area contributed by atoms with E-state index < -0.39 is 5.41 Å². The van der Waals surface area contributed by atoms with E-state index >= 15 is 0 Å². The molecule has 25 heavy (non-hydrogen) atoms. The quantitative estimate of drug-likeness (QED) is 0.603. The Bertz CT molecular complexity index is 709. The van der Waals surface area contributed by atoms with Gasteiger partial charge in [0.05, 0.1) is 24.9 Å². The number of amides is 1. The van der Waals surface area contributed by atoms with Crippen LogP contribution in [0.25, 0.3) is 0 Å². The van der Waals surface area contributed by atoms with Gasteiger partial charge in [0.1, 0.15) is 11.5 Å². The van der Waals surface area contributed by atoms with Crippen LogP contribution in [0.1, 0.15) is 36.2 Å². The van der Waals surface area contributed by atoms with E-state index in [1.165, 1.54) is 13.3 Å². The van der Waals surface area contributed by atoms with Crippen LogP contribution in [0.3, 0.4) is 0 Å². The van der Waals surface area contributed by atoms with E-state index in [9.17, 15) is 9.59 Å². The molecule has 0 radical (unpaired) electrons. The highest BCUT2D eigenvalue weighted by Gasteiger charge is 2.46. The lowest BCUT2D eigenvalue weighted by Crippen LogP contribution is -2.38. The van der Waals surface area contributed by atoms with E-state index in [1.807, 2.05) is 0 Å². The Morgan fingerprint density at radius 3 is 2.76 bits per heavy atom.